The summed E-state index contributed by atoms with van der Waals surface area (Å²) in [6.07, 6.45) is 2.21. The fourth-order valence-electron chi connectivity index (χ4n) is 1.86. The highest BCUT2D eigenvalue weighted by Crippen LogP contribution is 2.18. The summed E-state index contributed by atoms with van der Waals surface area (Å²) < 4.78 is 0. The van der Waals surface area contributed by atoms with Crippen molar-refractivity contribution >= 4 is 17.1 Å². The summed E-state index contributed by atoms with van der Waals surface area (Å²) in [7, 11) is 0. The van der Waals surface area contributed by atoms with E-state index in [1.165, 1.54) is 5.56 Å². The van der Waals surface area contributed by atoms with Gasteiger partial charge in [0.1, 0.15) is 0 Å². The molecular formula is C15H16OS. The van der Waals surface area contributed by atoms with Crippen molar-refractivity contribution in [2.45, 2.75) is 26.7 Å². The van der Waals surface area contributed by atoms with Crippen molar-refractivity contribution < 1.29 is 4.79 Å². The average Bonchev–Trinajstić information content (AvgIpc) is 2.76. The van der Waals surface area contributed by atoms with Crippen molar-refractivity contribution in [3.63, 3.8) is 0 Å². The van der Waals surface area contributed by atoms with E-state index in [1.807, 2.05) is 29.8 Å². The number of ketones is 1. The summed E-state index contributed by atoms with van der Waals surface area (Å²) in [4.78, 5) is 12.2. The predicted molar refractivity (Wildman–Crippen MR) is 72.9 cm³/mol. The Bertz CT molecular complexity index is 508. The lowest BCUT2D eigenvalue weighted by Crippen LogP contribution is -2.01. The Morgan fingerprint density at radius 1 is 1.18 bits per heavy atom. The van der Waals surface area contributed by atoms with Crippen LogP contribution in [0.5, 0.6) is 0 Å². The molecule has 2 rings (SSSR count). The minimum atomic E-state index is 0.131. The summed E-state index contributed by atoms with van der Waals surface area (Å²) in [5, 5.41) is 3.94. The van der Waals surface area contributed by atoms with Gasteiger partial charge in [0, 0.05) is 16.5 Å². The number of thiophene rings is 1. The molecule has 0 atom stereocenters. The molecule has 1 aromatic heterocycles. The Balaban J connectivity index is 2.23. The first kappa shape index (κ1) is 12.1. The van der Waals surface area contributed by atoms with Crippen LogP contribution in [0.1, 0.15) is 40.4 Å². The lowest BCUT2D eigenvalue weighted by atomic mass is 10.0. The van der Waals surface area contributed by atoms with Gasteiger partial charge in [-0.3, -0.25) is 4.79 Å². The number of hydrogen-bond donors (Lipinski definition) is 0. The highest BCUT2D eigenvalue weighted by Gasteiger charge is 2.11. The number of hydrogen-bond acceptors (Lipinski definition) is 2. The van der Waals surface area contributed by atoms with Gasteiger partial charge >= 0.3 is 0 Å². The molecule has 0 bridgehead atoms. The predicted octanol–water partition coefficient (Wildman–Crippen LogP) is 4.24. The first-order valence-corrected chi connectivity index (χ1v) is 6.83. The summed E-state index contributed by atoms with van der Waals surface area (Å²) >= 11 is 1.58. The van der Waals surface area contributed by atoms with Crippen LogP contribution in [0, 0.1) is 6.92 Å². The molecule has 0 unspecified atom stereocenters. The third kappa shape index (κ3) is 2.64. The standard InChI is InChI=1S/C15H16OS/c1-3-4-12-5-7-13(8-6-12)15(16)14-10-17-9-11(14)2/h5-10H,3-4H2,1-2H3. The van der Waals surface area contributed by atoms with E-state index in [0.29, 0.717) is 0 Å². The fourth-order valence-corrected chi connectivity index (χ4v) is 2.69. The molecule has 0 radical (unpaired) electrons. The van der Waals surface area contributed by atoms with Crippen molar-refractivity contribution in [1.82, 2.24) is 0 Å². The third-order valence-corrected chi connectivity index (χ3v) is 3.72. The van der Waals surface area contributed by atoms with Crippen LogP contribution in [0.15, 0.2) is 35.0 Å². The lowest BCUT2D eigenvalue weighted by molar-refractivity contribution is 0.103. The van der Waals surface area contributed by atoms with Gasteiger partial charge in [0.15, 0.2) is 5.78 Å². The van der Waals surface area contributed by atoms with E-state index in [4.69, 9.17) is 0 Å². The first-order valence-electron chi connectivity index (χ1n) is 5.88. The summed E-state index contributed by atoms with van der Waals surface area (Å²) in [5.41, 5.74) is 3.98. The summed E-state index contributed by atoms with van der Waals surface area (Å²) in [5.74, 6) is 0.131. The van der Waals surface area contributed by atoms with Crippen LogP contribution in [-0.2, 0) is 6.42 Å². The smallest absolute Gasteiger partial charge is 0.194 e. The zero-order valence-corrected chi connectivity index (χ0v) is 11.0. The van der Waals surface area contributed by atoms with Crippen LogP contribution in [0.25, 0.3) is 0 Å². The van der Waals surface area contributed by atoms with Crippen LogP contribution < -0.4 is 0 Å². The lowest BCUT2D eigenvalue weighted by Gasteiger charge is -2.02. The molecule has 88 valence electrons. The van der Waals surface area contributed by atoms with Gasteiger partial charge in [-0.2, -0.15) is 11.3 Å². The normalized spacial score (nSPS) is 10.5. The van der Waals surface area contributed by atoms with Gasteiger partial charge in [-0.1, -0.05) is 37.6 Å². The molecule has 0 spiro atoms. The number of carbonyl (C=O) groups excluding carboxylic acids is 1. The molecule has 0 saturated heterocycles. The van der Waals surface area contributed by atoms with Gasteiger partial charge in [-0.15, -0.1) is 0 Å². The molecule has 0 amide bonds. The Hall–Kier alpha value is -1.41. The maximum absolute atomic E-state index is 12.2. The quantitative estimate of drug-likeness (QED) is 0.735. The Morgan fingerprint density at radius 2 is 1.88 bits per heavy atom. The van der Waals surface area contributed by atoms with Gasteiger partial charge in [-0.25, -0.2) is 0 Å². The monoisotopic (exact) mass is 244 g/mol. The molecule has 0 saturated carbocycles. The van der Waals surface area contributed by atoms with Crippen LogP contribution in [0.2, 0.25) is 0 Å². The summed E-state index contributed by atoms with van der Waals surface area (Å²) in [6, 6.07) is 7.98. The van der Waals surface area contributed by atoms with Gasteiger partial charge in [0.05, 0.1) is 0 Å². The molecule has 0 aliphatic heterocycles. The van der Waals surface area contributed by atoms with Gasteiger partial charge in [0.25, 0.3) is 0 Å². The summed E-state index contributed by atoms with van der Waals surface area (Å²) in [6.45, 7) is 4.14. The highest BCUT2D eigenvalue weighted by atomic mass is 32.1. The van der Waals surface area contributed by atoms with E-state index in [2.05, 4.69) is 19.1 Å². The maximum atomic E-state index is 12.2. The second kappa shape index (κ2) is 5.28. The number of rotatable bonds is 4. The number of aryl methyl sites for hydroxylation is 2. The molecule has 1 nitrogen and oxygen atoms in total. The van der Waals surface area contributed by atoms with E-state index >= 15 is 0 Å². The van der Waals surface area contributed by atoms with Crippen molar-refractivity contribution in [3.8, 4) is 0 Å². The second-order valence-electron chi connectivity index (χ2n) is 4.24. The molecular weight excluding hydrogens is 228 g/mol. The molecule has 1 heterocycles. The Labute approximate surface area is 106 Å². The molecule has 0 aliphatic rings. The molecule has 0 aliphatic carbocycles. The molecule has 0 N–H and O–H groups in total. The Kier molecular flexibility index (Phi) is 3.75. The van der Waals surface area contributed by atoms with Gasteiger partial charge < -0.3 is 0 Å². The largest absolute Gasteiger partial charge is 0.289 e. The zero-order valence-electron chi connectivity index (χ0n) is 10.2. The van der Waals surface area contributed by atoms with Gasteiger partial charge in [-0.05, 0) is 29.9 Å². The maximum Gasteiger partial charge on any atom is 0.194 e. The van der Waals surface area contributed by atoms with Crippen molar-refractivity contribution in [2.75, 3.05) is 0 Å². The minimum absolute atomic E-state index is 0.131. The van der Waals surface area contributed by atoms with E-state index < -0.39 is 0 Å². The molecule has 17 heavy (non-hydrogen) atoms. The van der Waals surface area contributed by atoms with E-state index in [0.717, 1.165) is 29.5 Å². The van der Waals surface area contributed by atoms with Crippen molar-refractivity contribution in [1.29, 1.82) is 0 Å². The molecule has 1 aromatic carbocycles. The number of benzene rings is 1. The van der Waals surface area contributed by atoms with E-state index in [9.17, 15) is 4.79 Å². The second-order valence-corrected chi connectivity index (χ2v) is 4.99. The topological polar surface area (TPSA) is 17.1 Å². The van der Waals surface area contributed by atoms with E-state index in [-0.39, 0.29) is 5.78 Å². The minimum Gasteiger partial charge on any atom is -0.289 e. The zero-order chi connectivity index (χ0) is 12.3. The fraction of sp³-hybridized carbons (Fsp3) is 0.267. The molecule has 2 heteroatoms. The SMILES string of the molecule is CCCc1ccc(C(=O)c2cscc2C)cc1. The first-order chi connectivity index (χ1) is 8.22. The molecule has 2 aromatic rings. The third-order valence-electron chi connectivity index (χ3n) is 2.85. The van der Waals surface area contributed by atoms with Crippen LogP contribution >= 0.6 is 11.3 Å². The molecule has 0 fully saturated rings. The highest BCUT2D eigenvalue weighted by molar-refractivity contribution is 7.08. The van der Waals surface area contributed by atoms with Gasteiger partial charge in [0.2, 0.25) is 0 Å². The van der Waals surface area contributed by atoms with E-state index in [1.54, 1.807) is 11.3 Å². The number of carbonyl (C=O) groups is 1. The van der Waals surface area contributed by atoms with Crippen molar-refractivity contribution in [3.05, 3.63) is 57.3 Å². The van der Waals surface area contributed by atoms with Crippen molar-refractivity contribution in [2.24, 2.45) is 0 Å². The average molecular weight is 244 g/mol. The van der Waals surface area contributed by atoms with Crippen LogP contribution in [0.3, 0.4) is 0 Å². The van der Waals surface area contributed by atoms with Crippen LogP contribution in [0.4, 0.5) is 0 Å². The Morgan fingerprint density at radius 3 is 2.41 bits per heavy atom. The van der Waals surface area contributed by atoms with Crippen LogP contribution in [-0.4, -0.2) is 5.78 Å².